The first kappa shape index (κ1) is 19.7. The Kier molecular flexibility index (Phi) is 6.18. The normalized spacial score (nSPS) is 24.9. The van der Waals surface area contributed by atoms with Crippen LogP contribution < -0.4 is 20.9 Å². The quantitative estimate of drug-likeness (QED) is 0.688. The van der Waals surface area contributed by atoms with Crippen molar-refractivity contribution >= 4 is 33.1 Å². The number of nitrogens with one attached hydrogen (secondary N) is 1. The van der Waals surface area contributed by atoms with Crippen LogP contribution in [0.1, 0.15) is 25.7 Å². The molecule has 0 aliphatic carbocycles. The molecular formula is C20H30BrN7. The third-order valence-corrected chi connectivity index (χ3v) is 6.57. The van der Waals surface area contributed by atoms with E-state index in [1.807, 2.05) is 12.4 Å². The lowest BCUT2D eigenvalue weighted by molar-refractivity contribution is 0.219. The summed E-state index contributed by atoms with van der Waals surface area (Å²) in [7, 11) is 2.22. The monoisotopic (exact) mass is 447 g/mol. The van der Waals surface area contributed by atoms with E-state index in [4.69, 9.17) is 5.73 Å². The highest BCUT2D eigenvalue weighted by atomic mass is 79.9. The molecule has 0 bridgehead atoms. The van der Waals surface area contributed by atoms with Gasteiger partial charge in [-0.25, -0.2) is 4.99 Å². The van der Waals surface area contributed by atoms with Crippen LogP contribution in [0, 0.1) is 0 Å². The smallest absolute Gasteiger partial charge is 0.119 e. The predicted molar refractivity (Wildman–Crippen MR) is 119 cm³/mol. The molecule has 28 heavy (non-hydrogen) atoms. The highest BCUT2D eigenvalue weighted by Gasteiger charge is 2.27. The molecule has 3 aliphatic heterocycles. The van der Waals surface area contributed by atoms with E-state index in [9.17, 15) is 0 Å². The summed E-state index contributed by atoms with van der Waals surface area (Å²) in [5.41, 5.74) is 8.27. The van der Waals surface area contributed by atoms with Crippen LogP contribution in [0.2, 0.25) is 0 Å². The van der Waals surface area contributed by atoms with Gasteiger partial charge in [-0.3, -0.25) is 4.98 Å². The van der Waals surface area contributed by atoms with E-state index in [2.05, 4.69) is 59.0 Å². The fraction of sp³-hybridized carbons (Fsp3) is 0.600. The molecule has 3 aliphatic rings. The molecule has 0 radical (unpaired) electrons. The van der Waals surface area contributed by atoms with Gasteiger partial charge in [-0.15, -0.1) is 0 Å². The van der Waals surface area contributed by atoms with Gasteiger partial charge in [0.15, 0.2) is 0 Å². The summed E-state index contributed by atoms with van der Waals surface area (Å²) < 4.78 is 0.911. The second-order valence-electron chi connectivity index (χ2n) is 8.05. The zero-order valence-electron chi connectivity index (χ0n) is 16.5. The number of piperidine rings is 2. The Hall–Kier alpha value is -1.64. The molecule has 1 atom stereocenters. The van der Waals surface area contributed by atoms with E-state index >= 15 is 0 Å². The SMILES string of the molecule is CN1CCC(NC2CCCN(c3ccncc3N3CC(N)=NC=C3Br)C2)CC1. The number of aliphatic imine (C=N–C) groups is 1. The molecule has 1 aromatic rings. The minimum atomic E-state index is 0.537. The number of halogens is 1. The molecule has 152 valence electrons. The summed E-state index contributed by atoms with van der Waals surface area (Å²) in [5.74, 6) is 0.610. The minimum absolute atomic E-state index is 0.537. The maximum Gasteiger partial charge on any atom is 0.119 e. The number of pyridine rings is 1. The van der Waals surface area contributed by atoms with Gasteiger partial charge in [-0.2, -0.15) is 0 Å². The van der Waals surface area contributed by atoms with Crippen molar-refractivity contribution in [3.05, 3.63) is 29.3 Å². The summed E-state index contributed by atoms with van der Waals surface area (Å²) in [6, 6.07) is 3.30. The molecular weight excluding hydrogens is 418 g/mol. The molecule has 2 saturated heterocycles. The Morgan fingerprint density at radius 1 is 1.14 bits per heavy atom. The van der Waals surface area contributed by atoms with Gasteiger partial charge in [0, 0.05) is 31.4 Å². The van der Waals surface area contributed by atoms with Crippen LogP contribution in [-0.4, -0.2) is 67.6 Å². The van der Waals surface area contributed by atoms with Gasteiger partial charge < -0.3 is 25.8 Å². The third kappa shape index (κ3) is 4.50. The van der Waals surface area contributed by atoms with Crippen LogP contribution in [0.4, 0.5) is 11.4 Å². The highest BCUT2D eigenvalue weighted by molar-refractivity contribution is 9.11. The molecule has 8 heteroatoms. The Balaban J connectivity index is 1.47. The number of hydrogen-bond acceptors (Lipinski definition) is 7. The lowest BCUT2D eigenvalue weighted by Crippen LogP contribution is -2.52. The third-order valence-electron chi connectivity index (χ3n) is 5.94. The van der Waals surface area contributed by atoms with Crippen LogP contribution in [0.25, 0.3) is 0 Å². The number of likely N-dealkylation sites (tertiary alicyclic amines) is 1. The summed E-state index contributed by atoms with van der Waals surface area (Å²) in [4.78, 5) is 15.6. The molecule has 2 fully saturated rings. The maximum atomic E-state index is 5.98. The average molecular weight is 448 g/mol. The zero-order valence-corrected chi connectivity index (χ0v) is 18.1. The second kappa shape index (κ2) is 8.80. The van der Waals surface area contributed by atoms with Crippen LogP contribution in [0.5, 0.6) is 0 Å². The molecule has 1 unspecified atom stereocenters. The van der Waals surface area contributed by atoms with Crippen molar-refractivity contribution in [2.45, 2.75) is 37.8 Å². The van der Waals surface area contributed by atoms with E-state index in [0.717, 1.165) is 23.4 Å². The van der Waals surface area contributed by atoms with E-state index < -0.39 is 0 Å². The number of aromatic nitrogens is 1. The topological polar surface area (TPSA) is 73.0 Å². The van der Waals surface area contributed by atoms with Crippen molar-refractivity contribution < 1.29 is 0 Å². The number of rotatable bonds is 4. The fourth-order valence-corrected chi connectivity index (χ4v) is 4.80. The minimum Gasteiger partial charge on any atom is -0.386 e. The zero-order chi connectivity index (χ0) is 19.5. The first-order valence-corrected chi connectivity index (χ1v) is 11.0. The van der Waals surface area contributed by atoms with Crippen molar-refractivity contribution in [3.8, 4) is 0 Å². The predicted octanol–water partition coefficient (Wildman–Crippen LogP) is 2.11. The van der Waals surface area contributed by atoms with E-state index in [-0.39, 0.29) is 0 Å². The number of hydrogen-bond donors (Lipinski definition) is 2. The van der Waals surface area contributed by atoms with Crippen molar-refractivity contribution in [3.63, 3.8) is 0 Å². The molecule has 0 aromatic carbocycles. The van der Waals surface area contributed by atoms with E-state index in [1.165, 1.54) is 44.5 Å². The van der Waals surface area contributed by atoms with Gasteiger partial charge in [-0.05, 0) is 67.8 Å². The van der Waals surface area contributed by atoms with Crippen molar-refractivity contribution in [1.29, 1.82) is 0 Å². The van der Waals surface area contributed by atoms with Crippen LogP contribution >= 0.6 is 15.9 Å². The van der Waals surface area contributed by atoms with Crippen molar-refractivity contribution in [2.75, 3.05) is 49.6 Å². The van der Waals surface area contributed by atoms with Gasteiger partial charge >= 0.3 is 0 Å². The maximum absolute atomic E-state index is 5.98. The number of anilines is 2. The highest BCUT2D eigenvalue weighted by Crippen LogP contribution is 2.34. The van der Waals surface area contributed by atoms with Crippen LogP contribution in [0.15, 0.2) is 34.3 Å². The van der Waals surface area contributed by atoms with Crippen molar-refractivity contribution in [2.24, 2.45) is 10.7 Å². The second-order valence-corrected chi connectivity index (χ2v) is 8.86. The number of nitrogens with two attached hydrogens (primary N) is 1. The summed E-state index contributed by atoms with van der Waals surface area (Å²) in [5, 5.41) is 3.94. The van der Waals surface area contributed by atoms with Gasteiger partial charge in [-0.1, -0.05) is 0 Å². The molecule has 1 aromatic heterocycles. The van der Waals surface area contributed by atoms with Gasteiger partial charge in [0.2, 0.25) is 0 Å². The van der Waals surface area contributed by atoms with E-state index in [1.54, 1.807) is 6.20 Å². The van der Waals surface area contributed by atoms with E-state index in [0.29, 0.717) is 24.5 Å². The molecule has 3 N–H and O–H groups in total. The number of nitrogens with zero attached hydrogens (tertiary/aromatic N) is 5. The molecule has 0 amide bonds. The Bertz CT molecular complexity index is 742. The number of amidine groups is 1. The largest absolute Gasteiger partial charge is 0.386 e. The van der Waals surface area contributed by atoms with Crippen LogP contribution in [-0.2, 0) is 0 Å². The summed E-state index contributed by atoms with van der Waals surface area (Å²) in [6.07, 6.45) is 10.5. The lowest BCUT2D eigenvalue weighted by atomic mass is 10.00. The Morgan fingerprint density at radius 3 is 2.79 bits per heavy atom. The molecule has 0 spiro atoms. The summed E-state index contributed by atoms with van der Waals surface area (Å²) >= 11 is 3.62. The first-order valence-electron chi connectivity index (χ1n) is 10.2. The molecule has 0 saturated carbocycles. The fourth-order valence-electron chi connectivity index (χ4n) is 4.38. The standard InChI is InChI=1S/C20H30BrN7/c1-26-9-5-15(6-10-26)25-16-3-2-8-27(13-16)17-4-7-23-11-18(17)28-14-20(22)24-12-19(28)21/h4,7,11-12,15-16,25H,2-3,5-6,8-10,13-14H2,1H3,(H2,22,24). The van der Waals surface area contributed by atoms with Crippen LogP contribution in [0.3, 0.4) is 0 Å². The lowest BCUT2D eigenvalue weighted by Gasteiger charge is -2.40. The molecule has 4 rings (SSSR count). The van der Waals surface area contributed by atoms with Gasteiger partial charge in [0.1, 0.15) is 10.4 Å². The first-order chi connectivity index (χ1) is 13.6. The summed E-state index contributed by atoms with van der Waals surface area (Å²) in [6.45, 7) is 5.06. The van der Waals surface area contributed by atoms with Crippen molar-refractivity contribution in [1.82, 2.24) is 15.2 Å². The average Bonchev–Trinajstić information content (AvgIpc) is 2.72. The molecule has 4 heterocycles. The van der Waals surface area contributed by atoms with Gasteiger partial charge in [0.25, 0.3) is 0 Å². The Morgan fingerprint density at radius 2 is 1.96 bits per heavy atom. The molecule has 7 nitrogen and oxygen atoms in total. The van der Waals surface area contributed by atoms with Gasteiger partial charge in [0.05, 0.1) is 30.3 Å². The Labute approximate surface area is 175 Å².